The first kappa shape index (κ1) is 23.2. The molecule has 164 valence electrons. The van der Waals surface area contributed by atoms with Crippen LogP contribution in [0.25, 0.3) is 0 Å². The van der Waals surface area contributed by atoms with E-state index in [1.807, 2.05) is 0 Å². The second kappa shape index (κ2) is 11.8. The monoisotopic (exact) mass is 418 g/mol. The maximum Gasteiger partial charge on any atom is 0.417 e. The summed E-state index contributed by atoms with van der Waals surface area (Å²) >= 11 is 0. The van der Waals surface area contributed by atoms with Crippen molar-refractivity contribution >= 4 is 5.96 Å². The number of halogens is 3. The number of hydrogen-bond donors (Lipinski definition) is 1. The highest BCUT2D eigenvalue weighted by Crippen LogP contribution is 2.29. The molecule has 0 bridgehead atoms. The van der Waals surface area contributed by atoms with Gasteiger partial charge in [0.25, 0.3) is 0 Å². The normalized spacial score (nSPS) is 16.2. The summed E-state index contributed by atoms with van der Waals surface area (Å²) in [6.45, 7) is 3.82. The van der Waals surface area contributed by atoms with Crippen LogP contribution in [-0.4, -0.2) is 75.6 Å². The quantitative estimate of drug-likeness (QED) is 0.378. The first-order valence-electron chi connectivity index (χ1n) is 9.66. The molecular weight excluding hydrogens is 389 g/mol. The van der Waals surface area contributed by atoms with Crippen LogP contribution in [0.2, 0.25) is 0 Å². The Kier molecular flexibility index (Phi) is 9.46. The smallest absolute Gasteiger partial charge is 0.417 e. The Labute approximate surface area is 169 Å². The molecule has 29 heavy (non-hydrogen) atoms. The van der Waals surface area contributed by atoms with E-state index >= 15 is 0 Å². The van der Waals surface area contributed by atoms with Gasteiger partial charge in [0.1, 0.15) is 6.61 Å². The van der Waals surface area contributed by atoms with Crippen molar-refractivity contribution in [3.8, 4) is 5.88 Å². The fourth-order valence-corrected chi connectivity index (χ4v) is 2.97. The molecule has 1 N–H and O–H groups in total. The van der Waals surface area contributed by atoms with Gasteiger partial charge in [0.2, 0.25) is 5.88 Å². The number of aliphatic imine (C=N–C) groups is 1. The number of likely N-dealkylation sites (tertiary alicyclic amines) is 1. The van der Waals surface area contributed by atoms with Gasteiger partial charge < -0.3 is 24.4 Å². The van der Waals surface area contributed by atoms with Gasteiger partial charge in [-0.1, -0.05) is 0 Å². The maximum atomic E-state index is 12.5. The van der Waals surface area contributed by atoms with Gasteiger partial charge >= 0.3 is 6.18 Å². The van der Waals surface area contributed by atoms with Gasteiger partial charge in [-0.15, -0.1) is 0 Å². The van der Waals surface area contributed by atoms with Crippen molar-refractivity contribution in [2.45, 2.75) is 31.5 Å². The summed E-state index contributed by atoms with van der Waals surface area (Å²) in [5.41, 5.74) is -0.797. The third kappa shape index (κ3) is 8.06. The van der Waals surface area contributed by atoms with Gasteiger partial charge in [0.05, 0.1) is 18.2 Å². The van der Waals surface area contributed by atoms with Crippen LogP contribution in [0.15, 0.2) is 23.3 Å². The Hall–Kier alpha value is -2.07. The Morgan fingerprint density at radius 2 is 2.00 bits per heavy atom. The Morgan fingerprint density at radius 1 is 1.24 bits per heavy atom. The van der Waals surface area contributed by atoms with Gasteiger partial charge in [-0.2, -0.15) is 13.2 Å². The molecule has 0 aliphatic carbocycles. The van der Waals surface area contributed by atoms with Crippen molar-refractivity contribution in [2.24, 2.45) is 4.99 Å². The molecule has 0 radical (unpaired) electrons. The lowest BCUT2D eigenvalue weighted by atomic mass is 10.1. The number of aromatic nitrogens is 1. The highest BCUT2D eigenvalue weighted by atomic mass is 19.4. The summed E-state index contributed by atoms with van der Waals surface area (Å²) in [5, 5.41) is 3.21. The fourth-order valence-electron chi connectivity index (χ4n) is 2.97. The van der Waals surface area contributed by atoms with Gasteiger partial charge in [-0.3, -0.25) is 4.99 Å². The lowest BCUT2D eigenvalue weighted by Gasteiger charge is -2.34. The highest BCUT2D eigenvalue weighted by Gasteiger charge is 2.30. The van der Waals surface area contributed by atoms with E-state index in [0.29, 0.717) is 19.8 Å². The van der Waals surface area contributed by atoms with Crippen molar-refractivity contribution in [1.82, 2.24) is 15.2 Å². The average molecular weight is 418 g/mol. The summed E-state index contributed by atoms with van der Waals surface area (Å²) in [4.78, 5) is 10.1. The number of piperidine rings is 1. The van der Waals surface area contributed by atoms with Gasteiger partial charge in [0.15, 0.2) is 5.96 Å². The third-order valence-electron chi connectivity index (χ3n) is 4.50. The topological polar surface area (TPSA) is 68.2 Å². The van der Waals surface area contributed by atoms with Crippen molar-refractivity contribution in [3.05, 3.63) is 23.9 Å². The molecule has 0 spiro atoms. The van der Waals surface area contributed by atoms with E-state index in [2.05, 4.69) is 20.2 Å². The van der Waals surface area contributed by atoms with Crippen molar-refractivity contribution in [3.63, 3.8) is 0 Å². The summed E-state index contributed by atoms with van der Waals surface area (Å²) in [6, 6.07) is 2.17. The van der Waals surface area contributed by atoms with Crippen LogP contribution in [0, 0.1) is 0 Å². The largest absolute Gasteiger partial charge is 0.476 e. The summed E-state index contributed by atoms with van der Waals surface area (Å²) in [5.74, 6) is 0.924. The number of methoxy groups -OCH3 is 1. The Bertz CT molecular complexity index is 618. The van der Waals surface area contributed by atoms with E-state index in [0.717, 1.165) is 50.6 Å². The predicted octanol–water partition coefficient (Wildman–Crippen LogP) is 2.57. The molecule has 0 amide bonds. The van der Waals surface area contributed by atoms with Crippen LogP contribution in [0.3, 0.4) is 0 Å². The molecule has 1 fully saturated rings. The molecule has 1 aromatic rings. The van der Waals surface area contributed by atoms with Crippen LogP contribution < -0.4 is 10.1 Å². The Balaban J connectivity index is 1.65. The molecule has 7 nitrogen and oxygen atoms in total. The van der Waals surface area contributed by atoms with Crippen LogP contribution >= 0.6 is 0 Å². The number of alkyl halides is 3. The third-order valence-corrected chi connectivity index (χ3v) is 4.50. The van der Waals surface area contributed by atoms with Crippen LogP contribution in [0.1, 0.15) is 24.8 Å². The zero-order valence-electron chi connectivity index (χ0n) is 16.9. The SMILES string of the molecule is CN=C(NCCOc1ccc(C(F)(F)F)cn1)N1CCC(OCCCOC)CC1. The molecular formula is C19H29F3N4O3. The second-order valence-electron chi connectivity index (χ2n) is 6.61. The zero-order valence-corrected chi connectivity index (χ0v) is 16.9. The van der Waals surface area contributed by atoms with E-state index in [4.69, 9.17) is 14.2 Å². The van der Waals surface area contributed by atoms with Crippen LogP contribution in [0.5, 0.6) is 5.88 Å². The lowest BCUT2D eigenvalue weighted by molar-refractivity contribution is -0.137. The number of hydrogen-bond acceptors (Lipinski definition) is 5. The second-order valence-corrected chi connectivity index (χ2v) is 6.61. The van der Waals surface area contributed by atoms with Crippen LogP contribution in [-0.2, 0) is 15.7 Å². The molecule has 0 atom stereocenters. The van der Waals surface area contributed by atoms with E-state index in [1.54, 1.807) is 14.2 Å². The van der Waals surface area contributed by atoms with Crippen molar-refractivity contribution in [1.29, 1.82) is 0 Å². The van der Waals surface area contributed by atoms with Crippen LogP contribution in [0.4, 0.5) is 13.2 Å². The van der Waals surface area contributed by atoms with Gasteiger partial charge in [-0.25, -0.2) is 4.98 Å². The number of nitrogens with zero attached hydrogens (tertiary/aromatic N) is 3. The minimum Gasteiger partial charge on any atom is -0.476 e. The fraction of sp³-hybridized carbons (Fsp3) is 0.684. The molecule has 1 aliphatic heterocycles. The van der Waals surface area contributed by atoms with Crippen molar-refractivity contribution in [2.75, 3.05) is 53.6 Å². The molecule has 0 saturated carbocycles. The molecule has 2 heterocycles. The van der Waals surface area contributed by atoms with E-state index < -0.39 is 11.7 Å². The molecule has 0 aromatic carbocycles. The zero-order chi connectivity index (χ0) is 21.1. The number of nitrogens with one attached hydrogen (secondary N) is 1. The number of rotatable bonds is 9. The number of guanidine groups is 1. The summed E-state index contributed by atoms with van der Waals surface area (Å²) < 4.78 is 53.8. The highest BCUT2D eigenvalue weighted by molar-refractivity contribution is 5.79. The lowest BCUT2D eigenvalue weighted by Crippen LogP contribution is -2.47. The van der Waals surface area contributed by atoms with Gasteiger partial charge in [-0.05, 0) is 25.3 Å². The minimum absolute atomic E-state index is 0.154. The van der Waals surface area contributed by atoms with Gasteiger partial charge in [0, 0.05) is 52.7 Å². The van der Waals surface area contributed by atoms with E-state index in [9.17, 15) is 13.2 Å². The Morgan fingerprint density at radius 3 is 2.59 bits per heavy atom. The summed E-state index contributed by atoms with van der Waals surface area (Å²) in [6.07, 6.45) is -0.617. The predicted molar refractivity (Wildman–Crippen MR) is 103 cm³/mol. The molecule has 1 aromatic heterocycles. The van der Waals surface area contributed by atoms with E-state index in [1.165, 1.54) is 6.07 Å². The molecule has 0 unspecified atom stereocenters. The molecule has 10 heteroatoms. The summed E-state index contributed by atoms with van der Waals surface area (Å²) in [7, 11) is 3.40. The first-order chi connectivity index (χ1) is 13.9. The van der Waals surface area contributed by atoms with Crippen molar-refractivity contribution < 1.29 is 27.4 Å². The number of pyridine rings is 1. The minimum atomic E-state index is -4.40. The standard InChI is InChI=1S/C19H29F3N4O3/c1-23-18(26-9-6-16(7-10-26)28-12-3-11-27-2)24-8-13-29-17-5-4-15(14-25-17)19(20,21)22/h4-5,14,16H,3,6-13H2,1-2H3,(H,23,24). The first-order valence-corrected chi connectivity index (χ1v) is 9.66. The molecule has 2 rings (SSSR count). The average Bonchev–Trinajstić information content (AvgIpc) is 2.72. The molecule has 1 saturated heterocycles. The molecule has 1 aliphatic rings. The van der Waals surface area contributed by atoms with E-state index in [-0.39, 0.29) is 18.6 Å². The maximum absolute atomic E-state index is 12.5. The number of ether oxygens (including phenoxy) is 3.